The Morgan fingerprint density at radius 2 is 2.16 bits per heavy atom. The van der Waals surface area contributed by atoms with Gasteiger partial charge in [-0.05, 0) is 44.7 Å². The molecule has 1 fully saturated rings. The number of ether oxygens (including phenoxy) is 1. The second-order valence-corrected chi connectivity index (χ2v) is 5.09. The van der Waals surface area contributed by atoms with Crippen molar-refractivity contribution in [3.05, 3.63) is 23.8 Å². The van der Waals surface area contributed by atoms with Gasteiger partial charge in [-0.3, -0.25) is 4.79 Å². The van der Waals surface area contributed by atoms with E-state index in [1.807, 2.05) is 6.92 Å². The quantitative estimate of drug-likeness (QED) is 0.802. The van der Waals surface area contributed by atoms with Gasteiger partial charge in [0.15, 0.2) is 0 Å². The lowest BCUT2D eigenvalue weighted by atomic mass is 9.74. The van der Waals surface area contributed by atoms with Crippen LogP contribution in [-0.4, -0.2) is 18.1 Å². The average molecular weight is 262 g/mol. The highest BCUT2D eigenvalue weighted by Crippen LogP contribution is 2.35. The molecule has 0 spiro atoms. The monoisotopic (exact) mass is 262 g/mol. The molecule has 4 heteroatoms. The Morgan fingerprint density at radius 1 is 1.42 bits per heavy atom. The highest BCUT2D eigenvalue weighted by atomic mass is 16.5. The zero-order valence-electron chi connectivity index (χ0n) is 11.7. The summed E-state index contributed by atoms with van der Waals surface area (Å²) in [7, 11) is 0. The number of nitrogens with one attached hydrogen (secondary N) is 1. The number of hydrogen-bond acceptors (Lipinski definition) is 3. The first-order chi connectivity index (χ1) is 9.12. The molecular weight excluding hydrogens is 240 g/mol. The van der Waals surface area contributed by atoms with Crippen molar-refractivity contribution in [3.63, 3.8) is 0 Å². The molecule has 1 amide bonds. The van der Waals surface area contributed by atoms with Crippen LogP contribution in [0.2, 0.25) is 0 Å². The van der Waals surface area contributed by atoms with Crippen LogP contribution in [0, 0.1) is 0 Å². The summed E-state index contributed by atoms with van der Waals surface area (Å²) in [5.74, 6) is 0.439. The largest absolute Gasteiger partial charge is 0.493 e. The van der Waals surface area contributed by atoms with Crippen LogP contribution >= 0.6 is 0 Å². The van der Waals surface area contributed by atoms with E-state index in [2.05, 4.69) is 12.2 Å². The summed E-state index contributed by atoms with van der Waals surface area (Å²) in [5.41, 5.74) is 6.82. The molecule has 1 aromatic rings. The van der Waals surface area contributed by atoms with E-state index in [1.54, 1.807) is 18.2 Å². The molecule has 1 saturated carbocycles. The zero-order chi connectivity index (χ0) is 13.9. The highest BCUT2D eigenvalue weighted by molar-refractivity contribution is 6.02. The van der Waals surface area contributed by atoms with Gasteiger partial charge in [0, 0.05) is 11.2 Å². The molecule has 0 saturated heterocycles. The molecule has 1 aliphatic rings. The second-order valence-electron chi connectivity index (χ2n) is 5.09. The van der Waals surface area contributed by atoms with E-state index >= 15 is 0 Å². The molecule has 0 aromatic heterocycles. The molecule has 2 rings (SSSR count). The van der Waals surface area contributed by atoms with Crippen molar-refractivity contribution in [1.82, 2.24) is 5.32 Å². The molecule has 3 N–H and O–H groups in total. The Morgan fingerprint density at radius 3 is 2.68 bits per heavy atom. The molecule has 104 valence electrons. The Hall–Kier alpha value is -1.71. The number of nitrogen functional groups attached to an aromatic ring is 1. The number of amides is 1. The molecule has 0 unspecified atom stereocenters. The van der Waals surface area contributed by atoms with Gasteiger partial charge in [0.2, 0.25) is 0 Å². The maximum absolute atomic E-state index is 12.5. The number of rotatable bonds is 5. The molecule has 0 heterocycles. The average Bonchev–Trinajstić information content (AvgIpc) is 2.34. The van der Waals surface area contributed by atoms with Crippen LogP contribution in [0.1, 0.15) is 49.9 Å². The summed E-state index contributed by atoms with van der Waals surface area (Å²) in [6, 6.07) is 5.32. The Bertz CT molecular complexity index is 462. The SMILES string of the molecule is CCOc1cccc(N)c1C(=O)NC1(CC)CCC1. The van der Waals surface area contributed by atoms with Crippen molar-refractivity contribution in [2.24, 2.45) is 0 Å². The van der Waals surface area contributed by atoms with E-state index in [9.17, 15) is 4.79 Å². The third-order valence-electron chi connectivity index (χ3n) is 3.95. The number of carbonyl (C=O) groups is 1. The van der Waals surface area contributed by atoms with Crippen LogP contribution in [0.15, 0.2) is 18.2 Å². The van der Waals surface area contributed by atoms with Gasteiger partial charge in [-0.25, -0.2) is 0 Å². The standard InChI is InChI=1S/C15H22N2O2/c1-3-15(9-6-10-15)17-14(18)13-11(16)7-5-8-12(13)19-4-2/h5,7-8H,3-4,6,9-10,16H2,1-2H3,(H,17,18). The molecule has 0 bridgehead atoms. The van der Waals surface area contributed by atoms with Crippen molar-refractivity contribution in [1.29, 1.82) is 0 Å². The molecule has 19 heavy (non-hydrogen) atoms. The number of carbonyl (C=O) groups excluding carboxylic acids is 1. The lowest BCUT2D eigenvalue weighted by Crippen LogP contribution is -2.53. The lowest BCUT2D eigenvalue weighted by molar-refractivity contribution is 0.0817. The molecule has 0 aliphatic heterocycles. The van der Waals surface area contributed by atoms with Crippen molar-refractivity contribution in [3.8, 4) is 5.75 Å². The first-order valence-electron chi connectivity index (χ1n) is 6.95. The van der Waals surface area contributed by atoms with E-state index in [1.165, 1.54) is 6.42 Å². The fraction of sp³-hybridized carbons (Fsp3) is 0.533. The van der Waals surface area contributed by atoms with E-state index in [-0.39, 0.29) is 11.4 Å². The normalized spacial score (nSPS) is 16.5. The van der Waals surface area contributed by atoms with Crippen LogP contribution in [-0.2, 0) is 0 Å². The first-order valence-corrected chi connectivity index (χ1v) is 6.95. The van der Waals surface area contributed by atoms with Crippen LogP contribution in [0.25, 0.3) is 0 Å². The van der Waals surface area contributed by atoms with Gasteiger partial charge >= 0.3 is 0 Å². The maximum atomic E-state index is 12.5. The summed E-state index contributed by atoms with van der Waals surface area (Å²) in [6.45, 7) is 4.52. The van der Waals surface area contributed by atoms with Gasteiger partial charge in [-0.1, -0.05) is 13.0 Å². The van der Waals surface area contributed by atoms with E-state index in [4.69, 9.17) is 10.5 Å². The third-order valence-corrected chi connectivity index (χ3v) is 3.95. The molecule has 1 aliphatic carbocycles. The Labute approximate surface area is 114 Å². The number of benzene rings is 1. The number of anilines is 1. The highest BCUT2D eigenvalue weighted by Gasteiger charge is 2.37. The second kappa shape index (κ2) is 5.51. The predicted molar refractivity (Wildman–Crippen MR) is 76.4 cm³/mol. The smallest absolute Gasteiger partial charge is 0.257 e. The fourth-order valence-electron chi connectivity index (χ4n) is 2.54. The van der Waals surface area contributed by atoms with Crippen LogP contribution in [0.3, 0.4) is 0 Å². The fourth-order valence-corrected chi connectivity index (χ4v) is 2.54. The van der Waals surface area contributed by atoms with Gasteiger partial charge in [0.1, 0.15) is 11.3 Å². The first kappa shape index (κ1) is 13.7. The molecule has 0 atom stereocenters. The number of nitrogens with two attached hydrogens (primary N) is 1. The minimum Gasteiger partial charge on any atom is -0.493 e. The summed E-state index contributed by atoms with van der Waals surface area (Å²) < 4.78 is 5.50. The molecular formula is C15H22N2O2. The number of hydrogen-bond donors (Lipinski definition) is 2. The molecule has 4 nitrogen and oxygen atoms in total. The maximum Gasteiger partial charge on any atom is 0.257 e. The predicted octanol–water partition coefficient (Wildman–Crippen LogP) is 2.73. The van der Waals surface area contributed by atoms with E-state index in [0.717, 1.165) is 19.3 Å². The minimum absolute atomic E-state index is 0.0388. The van der Waals surface area contributed by atoms with Gasteiger partial charge in [-0.15, -0.1) is 0 Å². The lowest BCUT2D eigenvalue weighted by Gasteiger charge is -2.42. The Kier molecular flexibility index (Phi) is 3.98. The van der Waals surface area contributed by atoms with Crippen molar-refractivity contribution in [2.45, 2.75) is 45.1 Å². The van der Waals surface area contributed by atoms with E-state index in [0.29, 0.717) is 23.6 Å². The molecule has 1 aromatic carbocycles. The Balaban J connectivity index is 2.23. The van der Waals surface area contributed by atoms with Gasteiger partial charge < -0.3 is 15.8 Å². The van der Waals surface area contributed by atoms with Crippen molar-refractivity contribution < 1.29 is 9.53 Å². The summed E-state index contributed by atoms with van der Waals surface area (Å²) in [6.07, 6.45) is 4.23. The third kappa shape index (κ3) is 2.67. The summed E-state index contributed by atoms with van der Waals surface area (Å²) in [4.78, 5) is 12.5. The van der Waals surface area contributed by atoms with E-state index < -0.39 is 0 Å². The summed E-state index contributed by atoms with van der Waals surface area (Å²) >= 11 is 0. The van der Waals surface area contributed by atoms with Crippen LogP contribution in [0.5, 0.6) is 5.75 Å². The topological polar surface area (TPSA) is 64.3 Å². The molecule has 0 radical (unpaired) electrons. The minimum atomic E-state index is -0.122. The van der Waals surface area contributed by atoms with Crippen molar-refractivity contribution >= 4 is 11.6 Å². The van der Waals surface area contributed by atoms with Crippen molar-refractivity contribution in [2.75, 3.05) is 12.3 Å². The van der Waals surface area contributed by atoms with Crippen LogP contribution in [0.4, 0.5) is 5.69 Å². The zero-order valence-corrected chi connectivity index (χ0v) is 11.7. The van der Waals surface area contributed by atoms with Gasteiger partial charge in [0.25, 0.3) is 5.91 Å². The van der Waals surface area contributed by atoms with Gasteiger partial charge in [-0.2, -0.15) is 0 Å². The van der Waals surface area contributed by atoms with Crippen LogP contribution < -0.4 is 15.8 Å². The summed E-state index contributed by atoms with van der Waals surface area (Å²) in [5, 5.41) is 3.14. The van der Waals surface area contributed by atoms with Gasteiger partial charge in [0.05, 0.1) is 6.61 Å².